The maximum absolute atomic E-state index is 14.8. The number of nitrogens with two attached hydrogens (primary N) is 1. The van der Waals surface area contributed by atoms with Crippen molar-refractivity contribution in [2.45, 2.75) is 18.7 Å². The molecule has 1 saturated heterocycles. The Morgan fingerprint density at radius 1 is 1.35 bits per heavy atom. The molecule has 4 rings (SSSR count). The van der Waals surface area contributed by atoms with Crippen LogP contribution in [0.2, 0.25) is 0 Å². The first-order chi connectivity index (χ1) is 12.9. The van der Waals surface area contributed by atoms with Gasteiger partial charge in [0, 0.05) is 19.5 Å². The fraction of sp³-hybridized carbons (Fsp3) is 0.263. The number of primary amides is 1. The van der Waals surface area contributed by atoms with E-state index < -0.39 is 23.4 Å². The topological polar surface area (TPSA) is 72.9 Å². The minimum atomic E-state index is -1.06. The summed E-state index contributed by atoms with van der Waals surface area (Å²) < 4.78 is 39.2. The molecule has 0 radical (unpaired) electrons. The van der Waals surface area contributed by atoms with Crippen molar-refractivity contribution in [3.05, 3.63) is 59.3 Å². The lowest BCUT2D eigenvalue weighted by Gasteiger charge is -2.23. The zero-order valence-corrected chi connectivity index (χ0v) is 13.9. The fourth-order valence-electron chi connectivity index (χ4n) is 3.35. The number of rotatable bonds is 3. The van der Waals surface area contributed by atoms with Crippen molar-refractivity contribution in [2.75, 3.05) is 13.1 Å². The summed E-state index contributed by atoms with van der Waals surface area (Å²) in [6, 6.07) is 7.21. The molecular weight excluding hydrogens is 338 g/mol. The summed E-state index contributed by atoms with van der Waals surface area (Å²) in [6.45, 7) is 1.14. The van der Waals surface area contributed by atoms with E-state index in [0.29, 0.717) is 23.9 Å². The second-order valence-electron chi connectivity index (χ2n) is 6.35. The average molecular weight is 357 g/mol. The van der Waals surface area contributed by atoms with Crippen LogP contribution in [-0.4, -0.2) is 28.8 Å². The molecule has 26 heavy (non-hydrogen) atoms. The Morgan fingerprint density at radius 2 is 2.12 bits per heavy atom. The van der Waals surface area contributed by atoms with E-state index in [1.807, 2.05) is 0 Å². The summed E-state index contributed by atoms with van der Waals surface area (Å²) in [5.41, 5.74) is 5.75. The van der Waals surface area contributed by atoms with Crippen LogP contribution in [-0.2, 0) is 0 Å². The molecule has 7 heteroatoms. The number of carbonyl (C=O) groups is 1. The van der Waals surface area contributed by atoms with E-state index in [2.05, 4.69) is 10.4 Å². The Kier molecular flexibility index (Phi) is 3.86. The van der Waals surface area contributed by atoms with E-state index in [1.165, 1.54) is 24.4 Å². The third-order valence-electron chi connectivity index (χ3n) is 4.63. The van der Waals surface area contributed by atoms with Gasteiger partial charge in [-0.3, -0.25) is 4.79 Å². The third kappa shape index (κ3) is 2.84. The van der Waals surface area contributed by atoms with Gasteiger partial charge in [-0.05, 0) is 49.0 Å². The van der Waals surface area contributed by atoms with Crippen molar-refractivity contribution in [1.29, 1.82) is 0 Å². The van der Waals surface area contributed by atoms with E-state index in [4.69, 9.17) is 7.10 Å². The van der Waals surface area contributed by atoms with E-state index in [1.54, 1.807) is 12.1 Å². The highest BCUT2D eigenvalue weighted by Gasteiger charge is 2.21. The normalized spacial score (nSPS) is 20.9. The van der Waals surface area contributed by atoms with Crippen molar-refractivity contribution in [1.82, 2.24) is 15.1 Å². The number of hydrogen-bond acceptors (Lipinski definition) is 3. The largest absolute Gasteiger partial charge is 0.366 e. The standard InChI is InChI=1S/C19H18F2N4O/c20-15-7-13(11-4-2-6-23-9-11)8-16(21)18(15)25-10-12-3-1-5-14(19(22)26)17(12)24-25/h1,3,5,7-8,10-11,23H,2,4,6,9H2,(H2,22,26)/t11-/m1/s1/i11D. The van der Waals surface area contributed by atoms with E-state index in [0.717, 1.165) is 17.6 Å². The molecule has 5 nitrogen and oxygen atoms in total. The molecule has 3 N–H and O–H groups in total. The molecule has 1 amide bonds. The molecule has 2 heterocycles. The number of carbonyl (C=O) groups excluding carboxylic acids is 1. The summed E-state index contributed by atoms with van der Waals surface area (Å²) >= 11 is 0. The van der Waals surface area contributed by atoms with Crippen LogP contribution in [0.5, 0.6) is 0 Å². The molecule has 1 atom stereocenters. The third-order valence-corrected chi connectivity index (χ3v) is 4.63. The number of nitrogens with zero attached hydrogens (tertiary/aromatic N) is 2. The Labute approximate surface area is 150 Å². The lowest BCUT2D eigenvalue weighted by atomic mass is 9.91. The van der Waals surface area contributed by atoms with Crippen LogP contribution < -0.4 is 11.1 Å². The summed E-state index contributed by atoms with van der Waals surface area (Å²) in [6.07, 6.45) is 2.75. The van der Waals surface area contributed by atoms with Gasteiger partial charge < -0.3 is 11.1 Å². The van der Waals surface area contributed by atoms with Crippen LogP contribution in [0.4, 0.5) is 8.78 Å². The van der Waals surface area contributed by atoms with Crippen molar-refractivity contribution in [2.24, 2.45) is 5.73 Å². The first-order valence-corrected chi connectivity index (χ1v) is 8.38. The second kappa shape index (κ2) is 6.49. The lowest BCUT2D eigenvalue weighted by Crippen LogP contribution is -2.28. The minimum Gasteiger partial charge on any atom is -0.366 e. The van der Waals surface area contributed by atoms with Crippen molar-refractivity contribution >= 4 is 16.8 Å². The van der Waals surface area contributed by atoms with Gasteiger partial charge in [0.2, 0.25) is 0 Å². The van der Waals surface area contributed by atoms with Crippen molar-refractivity contribution in [3.63, 3.8) is 0 Å². The number of hydrogen-bond donors (Lipinski definition) is 2. The molecule has 1 aromatic heterocycles. The van der Waals surface area contributed by atoms with Gasteiger partial charge in [-0.1, -0.05) is 12.1 Å². The Bertz CT molecular complexity index is 1020. The van der Waals surface area contributed by atoms with Gasteiger partial charge in [0.05, 0.1) is 5.56 Å². The van der Waals surface area contributed by atoms with Gasteiger partial charge in [0.15, 0.2) is 11.6 Å². The number of nitrogens with one attached hydrogen (secondary N) is 1. The fourth-order valence-corrected chi connectivity index (χ4v) is 3.35. The second-order valence-corrected chi connectivity index (χ2v) is 6.35. The average Bonchev–Trinajstić information content (AvgIpc) is 3.05. The van der Waals surface area contributed by atoms with Crippen LogP contribution in [0, 0.1) is 11.6 Å². The predicted molar refractivity (Wildman–Crippen MR) is 94.3 cm³/mol. The number of benzene rings is 2. The summed E-state index contributed by atoms with van der Waals surface area (Å²) in [4.78, 5) is 11.5. The van der Waals surface area contributed by atoms with Gasteiger partial charge in [-0.25, -0.2) is 13.5 Å². The van der Waals surface area contributed by atoms with Crippen LogP contribution in [0.15, 0.2) is 36.5 Å². The van der Waals surface area contributed by atoms with Gasteiger partial charge in [-0.15, -0.1) is 0 Å². The van der Waals surface area contributed by atoms with E-state index in [9.17, 15) is 13.6 Å². The molecule has 1 aliphatic heterocycles. The van der Waals surface area contributed by atoms with Gasteiger partial charge in [-0.2, -0.15) is 5.10 Å². The highest BCUT2D eigenvalue weighted by Crippen LogP contribution is 2.29. The molecule has 134 valence electrons. The molecule has 0 saturated carbocycles. The molecule has 1 fully saturated rings. The van der Waals surface area contributed by atoms with Crippen LogP contribution in [0.3, 0.4) is 0 Å². The maximum Gasteiger partial charge on any atom is 0.250 e. The van der Waals surface area contributed by atoms with Gasteiger partial charge in [0.1, 0.15) is 11.2 Å². The molecule has 0 bridgehead atoms. The van der Waals surface area contributed by atoms with Crippen molar-refractivity contribution in [3.8, 4) is 5.69 Å². The number of piperidine rings is 1. The number of amides is 1. The molecule has 0 unspecified atom stereocenters. The van der Waals surface area contributed by atoms with Crippen LogP contribution in [0.1, 0.15) is 36.0 Å². The molecule has 1 aliphatic rings. The number of halogens is 2. The van der Waals surface area contributed by atoms with Crippen LogP contribution in [0.25, 0.3) is 16.6 Å². The SMILES string of the molecule is [2H][C@@]1(c2cc(F)c(-n3cc4cccc(C(N)=O)c4n3)c(F)c2)CCCNC1. The molecule has 2 aromatic carbocycles. The Balaban J connectivity index is 1.82. The highest BCUT2D eigenvalue weighted by molar-refractivity contribution is 6.04. The number of aromatic nitrogens is 2. The summed E-state index contributed by atoms with van der Waals surface area (Å²) in [5, 5.41) is 7.81. The quantitative estimate of drug-likeness (QED) is 0.757. The Morgan fingerprint density at radius 3 is 2.77 bits per heavy atom. The van der Waals surface area contributed by atoms with Gasteiger partial charge >= 0.3 is 0 Å². The van der Waals surface area contributed by atoms with Gasteiger partial charge in [0.25, 0.3) is 5.91 Å². The maximum atomic E-state index is 14.8. The summed E-state index contributed by atoms with van der Waals surface area (Å²) in [7, 11) is 0. The van der Waals surface area contributed by atoms with E-state index >= 15 is 0 Å². The Hall–Kier alpha value is -2.80. The molecule has 0 spiro atoms. The number of fused-ring (bicyclic) bond motifs is 1. The first-order valence-electron chi connectivity index (χ1n) is 8.88. The van der Waals surface area contributed by atoms with Crippen molar-refractivity contribution < 1.29 is 14.9 Å². The molecule has 0 aliphatic carbocycles. The highest BCUT2D eigenvalue weighted by atomic mass is 19.1. The minimum absolute atomic E-state index is 0.182. The van der Waals surface area contributed by atoms with Crippen LogP contribution >= 0.6 is 0 Å². The monoisotopic (exact) mass is 357 g/mol. The zero-order chi connectivity index (χ0) is 19.2. The molecule has 3 aromatic rings. The molecular formula is C19H18F2N4O. The zero-order valence-electron chi connectivity index (χ0n) is 14.9. The summed E-state index contributed by atoms with van der Waals surface area (Å²) in [5.74, 6) is -3.35. The predicted octanol–water partition coefficient (Wildman–Crippen LogP) is 2.87. The first kappa shape index (κ1) is 15.5. The lowest BCUT2D eigenvalue weighted by molar-refractivity contribution is 0.100. The van der Waals surface area contributed by atoms with E-state index in [-0.39, 0.29) is 16.8 Å². The smallest absolute Gasteiger partial charge is 0.250 e.